The first-order chi connectivity index (χ1) is 14.3. The molecular weight excluding hydrogens is 423 g/mol. The molecule has 0 unspecified atom stereocenters. The minimum atomic E-state index is -1.12. The van der Waals surface area contributed by atoms with Crippen molar-refractivity contribution in [2.24, 2.45) is 0 Å². The molecule has 0 saturated heterocycles. The number of para-hydroxylation sites is 1. The topological polar surface area (TPSA) is 64.4 Å². The predicted octanol–water partition coefficient (Wildman–Crippen LogP) is 6.60. The number of nitrogens with one attached hydrogen (secondary N) is 1. The zero-order valence-electron chi connectivity index (χ0n) is 16.3. The summed E-state index contributed by atoms with van der Waals surface area (Å²) in [5.41, 5.74) is 1.26. The minimum Gasteiger partial charge on any atom is -0.478 e. The molecule has 0 radical (unpaired) electrons. The monoisotopic (exact) mass is 440 g/mol. The minimum absolute atomic E-state index is 0.338. The van der Waals surface area contributed by atoms with Crippen LogP contribution in [-0.2, 0) is 4.79 Å². The lowest BCUT2D eigenvalue weighted by atomic mass is 10.1. The molecule has 0 fully saturated rings. The number of rotatable bonds is 5. The summed E-state index contributed by atoms with van der Waals surface area (Å²) in [6.45, 7) is 3.38. The Bertz CT molecular complexity index is 1220. The molecule has 4 rings (SSSR count). The van der Waals surface area contributed by atoms with Crippen molar-refractivity contribution in [3.05, 3.63) is 76.8 Å². The van der Waals surface area contributed by atoms with Crippen LogP contribution in [0, 0.1) is 0 Å². The number of hydrogen-bond donors (Lipinski definition) is 1. The van der Waals surface area contributed by atoms with Gasteiger partial charge in [0.05, 0.1) is 10.7 Å². The summed E-state index contributed by atoms with van der Waals surface area (Å²) in [6, 6.07) is 19.5. The SMILES string of the molecule is CC(C)(Oc1ccccc1)C(=O)Nc1cc(-c2nc3cc(Cl)ccc3o2)ccc1Cl. The van der Waals surface area contributed by atoms with Crippen LogP contribution in [0.15, 0.2) is 71.1 Å². The molecule has 4 aromatic rings. The average Bonchev–Trinajstić information content (AvgIpc) is 3.13. The van der Waals surface area contributed by atoms with Crippen LogP contribution in [0.1, 0.15) is 13.8 Å². The lowest BCUT2D eigenvalue weighted by Crippen LogP contribution is -2.42. The molecule has 0 aliphatic carbocycles. The standard InChI is InChI=1S/C23H18Cl2N2O3/c1-23(2,30-16-6-4-3-5-7-16)22(28)27-18-12-14(8-10-17(18)25)21-26-19-13-15(24)9-11-20(19)29-21/h3-13H,1-2H3,(H,27,28). The van der Waals surface area contributed by atoms with Crippen LogP contribution in [0.2, 0.25) is 10.0 Å². The van der Waals surface area contributed by atoms with Gasteiger partial charge in [-0.2, -0.15) is 0 Å². The highest BCUT2D eigenvalue weighted by atomic mass is 35.5. The van der Waals surface area contributed by atoms with Gasteiger partial charge in [-0.3, -0.25) is 4.79 Å². The number of carbonyl (C=O) groups excluding carboxylic acids is 1. The van der Waals surface area contributed by atoms with E-state index in [0.717, 1.165) is 0 Å². The highest BCUT2D eigenvalue weighted by Gasteiger charge is 2.30. The summed E-state index contributed by atoms with van der Waals surface area (Å²) in [5, 5.41) is 3.80. The molecule has 0 aliphatic heterocycles. The maximum Gasteiger partial charge on any atom is 0.268 e. The first kappa shape index (κ1) is 20.3. The number of oxazole rings is 1. The van der Waals surface area contributed by atoms with Gasteiger partial charge in [0.1, 0.15) is 11.3 Å². The molecule has 7 heteroatoms. The Labute approximate surface area is 183 Å². The van der Waals surface area contributed by atoms with E-state index >= 15 is 0 Å². The van der Waals surface area contributed by atoms with Crippen LogP contribution in [0.25, 0.3) is 22.6 Å². The Morgan fingerprint density at radius 1 is 1.03 bits per heavy atom. The van der Waals surface area contributed by atoms with Crippen LogP contribution in [0.3, 0.4) is 0 Å². The Morgan fingerprint density at radius 3 is 2.57 bits per heavy atom. The van der Waals surface area contributed by atoms with E-state index in [-0.39, 0.29) is 5.91 Å². The van der Waals surface area contributed by atoms with E-state index in [1.54, 1.807) is 62.4 Å². The van der Waals surface area contributed by atoms with Crippen LogP contribution < -0.4 is 10.1 Å². The van der Waals surface area contributed by atoms with Crippen molar-refractivity contribution in [1.29, 1.82) is 0 Å². The van der Waals surface area contributed by atoms with Crippen LogP contribution >= 0.6 is 23.2 Å². The van der Waals surface area contributed by atoms with E-state index in [1.165, 1.54) is 0 Å². The molecule has 0 saturated carbocycles. The molecule has 30 heavy (non-hydrogen) atoms. The van der Waals surface area contributed by atoms with E-state index in [2.05, 4.69) is 10.3 Å². The third kappa shape index (κ3) is 4.27. The van der Waals surface area contributed by atoms with Crippen molar-refractivity contribution in [3.63, 3.8) is 0 Å². The predicted molar refractivity (Wildman–Crippen MR) is 119 cm³/mol. The molecule has 0 aliphatic rings. The lowest BCUT2D eigenvalue weighted by molar-refractivity contribution is -0.128. The van der Waals surface area contributed by atoms with Gasteiger partial charge < -0.3 is 14.5 Å². The number of anilines is 1. The van der Waals surface area contributed by atoms with Crippen molar-refractivity contribution in [2.45, 2.75) is 19.4 Å². The maximum absolute atomic E-state index is 12.9. The first-order valence-electron chi connectivity index (χ1n) is 9.23. The number of benzene rings is 3. The third-order valence-corrected chi connectivity index (χ3v) is 5.04. The van der Waals surface area contributed by atoms with Gasteiger partial charge >= 0.3 is 0 Å². The number of nitrogens with zero attached hydrogens (tertiary/aromatic N) is 1. The summed E-state index contributed by atoms with van der Waals surface area (Å²) in [5.74, 6) is 0.664. The van der Waals surface area contributed by atoms with Gasteiger partial charge in [0.15, 0.2) is 11.2 Å². The molecule has 0 atom stereocenters. The Hall–Kier alpha value is -3.02. The highest BCUT2D eigenvalue weighted by Crippen LogP contribution is 2.32. The molecule has 1 amide bonds. The van der Waals surface area contributed by atoms with E-state index in [1.807, 2.05) is 18.2 Å². The number of hydrogen-bond acceptors (Lipinski definition) is 4. The second-order valence-corrected chi connectivity index (χ2v) is 8.05. The number of carbonyl (C=O) groups is 1. The quantitative estimate of drug-likeness (QED) is 0.379. The molecule has 3 aromatic carbocycles. The summed E-state index contributed by atoms with van der Waals surface area (Å²) >= 11 is 12.3. The molecule has 1 heterocycles. The van der Waals surface area contributed by atoms with E-state index in [9.17, 15) is 4.79 Å². The zero-order chi connectivity index (χ0) is 21.3. The lowest BCUT2D eigenvalue weighted by Gasteiger charge is -2.25. The maximum atomic E-state index is 12.9. The van der Waals surface area contributed by atoms with E-state index < -0.39 is 5.60 Å². The van der Waals surface area contributed by atoms with Crippen molar-refractivity contribution >= 4 is 45.9 Å². The van der Waals surface area contributed by atoms with Gasteiger partial charge in [0.25, 0.3) is 5.91 Å². The van der Waals surface area contributed by atoms with Crippen molar-refractivity contribution in [3.8, 4) is 17.2 Å². The van der Waals surface area contributed by atoms with Gasteiger partial charge in [0, 0.05) is 10.6 Å². The second kappa shape index (κ2) is 8.01. The molecular formula is C23H18Cl2N2O3. The largest absolute Gasteiger partial charge is 0.478 e. The number of amides is 1. The summed E-state index contributed by atoms with van der Waals surface area (Å²) in [4.78, 5) is 17.3. The normalized spacial score (nSPS) is 11.5. The third-order valence-electron chi connectivity index (χ3n) is 4.47. The van der Waals surface area contributed by atoms with Crippen LogP contribution in [0.4, 0.5) is 5.69 Å². The number of fused-ring (bicyclic) bond motifs is 1. The van der Waals surface area contributed by atoms with E-state index in [4.69, 9.17) is 32.4 Å². The fourth-order valence-electron chi connectivity index (χ4n) is 2.88. The number of halogens is 2. The van der Waals surface area contributed by atoms with Crippen LogP contribution in [0.5, 0.6) is 5.75 Å². The van der Waals surface area contributed by atoms with E-state index in [0.29, 0.717) is 44.0 Å². The fourth-order valence-corrected chi connectivity index (χ4v) is 3.21. The van der Waals surface area contributed by atoms with Gasteiger partial charge in [0.2, 0.25) is 5.89 Å². The summed E-state index contributed by atoms with van der Waals surface area (Å²) in [6.07, 6.45) is 0. The number of ether oxygens (including phenoxy) is 1. The van der Waals surface area contributed by atoms with Gasteiger partial charge in [-0.25, -0.2) is 4.98 Å². The molecule has 0 spiro atoms. The fraction of sp³-hybridized carbons (Fsp3) is 0.130. The summed E-state index contributed by atoms with van der Waals surface area (Å²) in [7, 11) is 0. The molecule has 0 bridgehead atoms. The average molecular weight is 441 g/mol. The Morgan fingerprint density at radius 2 is 1.80 bits per heavy atom. The second-order valence-electron chi connectivity index (χ2n) is 7.21. The van der Waals surface area contributed by atoms with Crippen molar-refractivity contribution < 1.29 is 13.9 Å². The molecule has 5 nitrogen and oxygen atoms in total. The van der Waals surface area contributed by atoms with Crippen molar-refractivity contribution in [1.82, 2.24) is 4.98 Å². The van der Waals surface area contributed by atoms with Gasteiger partial charge in [-0.15, -0.1) is 0 Å². The van der Waals surface area contributed by atoms with Crippen molar-refractivity contribution in [2.75, 3.05) is 5.32 Å². The molecule has 1 N–H and O–H groups in total. The molecule has 152 valence electrons. The summed E-state index contributed by atoms with van der Waals surface area (Å²) < 4.78 is 11.6. The Balaban J connectivity index is 1.59. The smallest absolute Gasteiger partial charge is 0.268 e. The highest BCUT2D eigenvalue weighted by molar-refractivity contribution is 6.34. The first-order valence-corrected chi connectivity index (χ1v) is 9.99. The van der Waals surface area contributed by atoms with Gasteiger partial charge in [-0.1, -0.05) is 41.4 Å². The van der Waals surface area contributed by atoms with Gasteiger partial charge in [-0.05, 0) is 62.4 Å². The molecule has 1 aromatic heterocycles. The number of aromatic nitrogens is 1. The zero-order valence-corrected chi connectivity index (χ0v) is 17.8. The van der Waals surface area contributed by atoms with Crippen LogP contribution in [-0.4, -0.2) is 16.5 Å². The Kier molecular flexibility index (Phi) is 5.41.